The Bertz CT molecular complexity index is 265. The molecule has 0 fully saturated rings. The second-order valence-electron chi connectivity index (χ2n) is 2.32. The molecule has 0 saturated heterocycles. The third kappa shape index (κ3) is 1.92. The lowest BCUT2D eigenvalue weighted by Gasteiger charge is -2.02. The topological polar surface area (TPSA) is 48.1 Å². The van der Waals surface area contributed by atoms with Gasteiger partial charge in [-0.1, -0.05) is 0 Å². The number of halogens is 1. The minimum atomic E-state index is -0.332. The summed E-state index contributed by atoms with van der Waals surface area (Å²) in [4.78, 5) is 3.90. The van der Waals surface area contributed by atoms with Crippen LogP contribution in [0, 0.1) is 5.82 Å². The highest BCUT2D eigenvalue weighted by molar-refractivity contribution is 5.17. The van der Waals surface area contributed by atoms with Gasteiger partial charge in [0.25, 0.3) is 0 Å². The molecule has 12 heavy (non-hydrogen) atoms. The van der Waals surface area contributed by atoms with Gasteiger partial charge in [-0.25, -0.2) is 9.37 Å². The van der Waals surface area contributed by atoms with Crippen molar-refractivity contribution in [1.82, 2.24) is 4.98 Å². The third-order valence-corrected chi connectivity index (χ3v) is 1.48. The van der Waals surface area contributed by atoms with Crippen molar-refractivity contribution in [3.63, 3.8) is 0 Å². The van der Waals surface area contributed by atoms with Gasteiger partial charge in [-0.2, -0.15) is 0 Å². The minimum absolute atomic E-state index is 0.332. The van der Waals surface area contributed by atoms with Gasteiger partial charge in [0, 0.05) is 12.5 Å². The Kier molecular flexibility index (Phi) is 2.99. The number of methoxy groups -OCH3 is 1. The lowest BCUT2D eigenvalue weighted by atomic mass is 10.2. The van der Waals surface area contributed by atoms with Crippen molar-refractivity contribution < 1.29 is 9.13 Å². The molecule has 0 aliphatic carbocycles. The standard InChI is InChI=1S/C8H11FN2O/c1-12-8-3-2-6(9)7(11-8)4-5-10/h2-3H,4-5,10H2,1H3. The number of nitrogens with zero attached hydrogens (tertiary/aromatic N) is 1. The summed E-state index contributed by atoms with van der Waals surface area (Å²) in [6.07, 6.45) is 0.434. The van der Waals surface area contributed by atoms with E-state index in [1.807, 2.05) is 0 Å². The van der Waals surface area contributed by atoms with Crippen molar-refractivity contribution in [2.45, 2.75) is 6.42 Å². The van der Waals surface area contributed by atoms with E-state index in [1.165, 1.54) is 19.2 Å². The van der Waals surface area contributed by atoms with Crippen LogP contribution in [-0.4, -0.2) is 18.6 Å². The molecule has 0 saturated carbocycles. The number of hydrogen-bond acceptors (Lipinski definition) is 3. The van der Waals surface area contributed by atoms with Gasteiger partial charge in [-0.15, -0.1) is 0 Å². The molecular formula is C8H11FN2O. The first-order valence-electron chi connectivity index (χ1n) is 3.67. The molecule has 2 N–H and O–H groups in total. The van der Waals surface area contributed by atoms with Crippen LogP contribution < -0.4 is 10.5 Å². The minimum Gasteiger partial charge on any atom is -0.481 e. The summed E-state index contributed by atoms with van der Waals surface area (Å²) in [7, 11) is 1.49. The van der Waals surface area contributed by atoms with E-state index in [9.17, 15) is 4.39 Å². The fourth-order valence-electron chi connectivity index (χ4n) is 0.890. The van der Waals surface area contributed by atoms with Crippen LogP contribution in [0.15, 0.2) is 12.1 Å². The molecule has 1 rings (SSSR count). The SMILES string of the molecule is COc1ccc(F)c(CCN)n1. The van der Waals surface area contributed by atoms with Crippen LogP contribution in [0.4, 0.5) is 4.39 Å². The number of rotatable bonds is 3. The number of pyridine rings is 1. The highest BCUT2D eigenvalue weighted by Crippen LogP contribution is 2.11. The van der Waals surface area contributed by atoms with Gasteiger partial charge >= 0.3 is 0 Å². The molecule has 3 nitrogen and oxygen atoms in total. The van der Waals surface area contributed by atoms with E-state index in [2.05, 4.69) is 4.98 Å². The lowest BCUT2D eigenvalue weighted by Crippen LogP contribution is -2.07. The van der Waals surface area contributed by atoms with Gasteiger partial charge in [0.2, 0.25) is 5.88 Å². The quantitative estimate of drug-likeness (QED) is 0.727. The second kappa shape index (κ2) is 4.01. The highest BCUT2D eigenvalue weighted by atomic mass is 19.1. The molecule has 0 aliphatic rings. The normalized spacial score (nSPS) is 9.92. The summed E-state index contributed by atoms with van der Waals surface area (Å²) < 4.78 is 17.8. The maximum atomic E-state index is 12.9. The lowest BCUT2D eigenvalue weighted by molar-refractivity contribution is 0.393. The summed E-state index contributed by atoms with van der Waals surface area (Å²) >= 11 is 0. The van der Waals surface area contributed by atoms with E-state index < -0.39 is 0 Å². The van der Waals surface area contributed by atoms with Crippen LogP contribution in [0.25, 0.3) is 0 Å². The molecule has 4 heteroatoms. The first-order chi connectivity index (χ1) is 5.77. The molecule has 0 amide bonds. The van der Waals surface area contributed by atoms with Gasteiger partial charge < -0.3 is 10.5 Å². The smallest absolute Gasteiger partial charge is 0.213 e. The van der Waals surface area contributed by atoms with Gasteiger partial charge in [-0.05, 0) is 12.6 Å². The number of ether oxygens (including phenoxy) is 1. The van der Waals surface area contributed by atoms with Gasteiger partial charge in [0.05, 0.1) is 12.8 Å². The largest absolute Gasteiger partial charge is 0.481 e. The van der Waals surface area contributed by atoms with Gasteiger partial charge in [0.1, 0.15) is 5.82 Å². The summed E-state index contributed by atoms with van der Waals surface area (Å²) in [5.74, 6) is 0.0844. The molecule has 0 bridgehead atoms. The zero-order valence-corrected chi connectivity index (χ0v) is 6.88. The first kappa shape index (κ1) is 8.93. The van der Waals surface area contributed by atoms with Crippen LogP contribution in [-0.2, 0) is 6.42 Å². The Labute approximate surface area is 70.4 Å². The molecule has 1 heterocycles. The van der Waals surface area contributed by atoms with E-state index in [-0.39, 0.29) is 5.82 Å². The highest BCUT2D eigenvalue weighted by Gasteiger charge is 2.03. The fraction of sp³-hybridized carbons (Fsp3) is 0.375. The van der Waals surface area contributed by atoms with E-state index in [0.717, 1.165) is 0 Å². The van der Waals surface area contributed by atoms with E-state index in [4.69, 9.17) is 10.5 Å². The van der Waals surface area contributed by atoms with Crippen LogP contribution in [0.5, 0.6) is 5.88 Å². The van der Waals surface area contributed by atoms with Crippen LogP contribution >= 0.6 is 0 Å². The Hall–Kier alpha value is -1.16. The van der Waals surface area contributed by atoms with Gasteiger partial charge in [0.15, 0.2) is 0 Å². The molecule has 1 aromatic heterocycles. The average molecular weight is 170 g/mol. The van der Waals surface area contributed by atoms with Gasteiger partial charge in [-0.3, -0.25) is 0 Å². The van der Waals surface area contributed by atoms with Crippen molar-refractivity contribution in [2.24, 2.45) is 5.73 Å². The first-order valence-corrected chi connectivity index (χ1v) is 3.67. The van der Waals surface area contributed by atoms with Crippen molar-refractivity contribution in [2.75, 3.05) is 13.7 Å². The predicted molar refractivity (Wildman–Crippen MR) is 43.5 cm³/mol. The second-order valence-corrected chi connectivity index (χ2v) is 2.32. The Morgan fingerprint density at radius 3 is 2.92 bits per heavy atom. The van der Waals surface area contributed by atoms with Crippen molar-refractivity contribution in [3.8, 4) is 5.88 Å². The zero-order chi connectivity index (χ0) is 8.97. The number of aromatic nitrogens is 1. The van der Waals surface area contributed by atoms with Crippen molar-refractivity contribution >= 4 is 0 Å². The maximum Gasteiger partial charge on any atom is 0.213 e. The van der Waals surface area contributed by atoms with E-state index >= 15 is 0 Å². The Morgan fingerprint density at radius 2 is 2.33 bits per heavy atom. The Balaban J connectivity index is 2.91. The Morgan fingerprint density at radius 1 is 1.58 bits per heavy atom. The molecular weight excluding hydrogens is 159 g/mol. The maximum absolute atomic E-state index is 12.9. The monoisotopic (exact) mass is 170 g/mol. The summed E-state index contributed by atoms with van der Waals surface area (Å²) in [5, 5.41) is 0. The molecule has 66 valence electrons. The third-order valence-electron chi connectivity index (χ3n) is 1.48. The van der Waals surface area contributed by atoms with Crippen molar-refractivity contribution in [1.29, 1.82) is 0 Å². The predicted octanol–water partition coefficient (Wildman–Crippen LogP) is 0.730. The number of nitrogens with two attached hydrogens (primary N) is 1. The van der Waals surface area contributed by atoms with E-state index in [1.54, 1.807) is 0 Å². The van der Waals surface area contributed by atoms with Crippen LogP contribution in [0.1, 0.15) is 5.69 Å². The number of hydrogen-bond donors (Lipinski definition) is 1. The molecule has 0 unspecified atom stereocenters. The van der Waals surface area contributed by atoms with Crippen LogP contribution in [0.2, 0.25) is 0 Å². The zero-order valence-electron chi connectivity index (χ0n) is 6.88. The molecule has 0 aliphatic heterocycles. The average Bonchev–Trinajstić information content (AvgIpc) is 2.09. The fourth-order valence-corrected chi connectivity index (χ4v) is 0.890. The molecule has 0 radical (unpaired) electrons. The molecule has 0 aromatic carbocycles. The molecule has 0 atom stereocenters. The van der Waals surface area contributed by atoms with Crippen LogP contribution in [0.3, 0.4) is 0 Å². The summed E-state index contributed by atoms with van der Waals surface area (Å²) in [6.45, 7) is 0.386. The summed E-state index contributed by atoms with van der Waals surface area (Å²) in [5.41, 5.74) is 5.63. The van der Waals surface area contributed by atoms with Crippen molar-refractivity contribution in [3.05, 3.63) is 23.6 Å². The summed E-state index contributed by atoms with van der Waals surface area (Å²) in [6, 6.07) is 2.81. The van der Waals surface area contributed by atoms with E-state index in [0.29, 0.717) is 24.5 Å². The molecule has 0 spiro atoms. The molecule has 1 aromatic rings.